The van der Waals surface area contributed by atoms with Crippen molar-refractivity contribution in [3.05, 3.63) is 0 Å². The second-order valence-electron chi connectivity index (χ2n) is 5.85. The molecule has 0 aromatic carbocycles. The van der Waals surface area contributed by atoms with E-state index in [0.717, 1.165) is 12.8 Å². The maximum Gasteiger partial charge on any atom is 0.319 e. The quantitative estimate of drug-likeness (QED) is 0.546. The molecule has 0 spiro atoms. The SMILES string of the molecule is CCOC(=O)C1(C(=O)C2CC2)CC(C(C)C)C1. The molecule has 3 heteroatoms. The van der Waals surface area contributed by atoms with E-state index in [-0.39, 0.29) is 17.7 Å². The van der Waals surface area contributed by atoms with Crippen molar-refractivity contribution in [1.29, 1.82) is 0 Å². The van der Waals surface area contributed by atoms with Gasteiger partial charge in [0.25, 0.3) is 0 Å². The predicted molar refractivity (Wildman–Crippen MR) is 64.4 cm³/mol. The maximum absolute atomic E-state index is 12.3. The van der Waals surface area contributed by atoms with Gasteiger partial charge >= 0.3 is 5.97 Å². The number of esters is 1. The molecule has 0 bridgehead atoms. The third-order valence-electron chi connectivity index (χ3n) is 4.25. The summed E-state index contributed by atoms with van der Waals surface area (Å²) in [6, 6.07) is 0. The molecule has 0 atom stereocenters. The topological polar surface area (TPSA) is 43.4 Å². The van der Waals surface area contributed by atoms with Crippen LogP contribution in [0.15, 0.2) is 0 Å². The summed E-state index contributed by atoms with van der Waals surface area (Å²) in [5, 5.41) is 0. The van der Waals surface area contributed by atoms with Crippen LogP contribution in [0.3, 0.4) is 0 Å². The summed E-state index contributed by atoms with van der Waals surface area (Å²) in [6.07, 6.45) is 3.34. The van der Waals surface area contributed by atoms with E-state index in [0.29, 0.717) is 31.3 Å². The lowest BCUT2D eigenvalue weighted by Gasteiger charge is -2.46. The zero-order valence-electron chi connectivity index (χ0n) is 11.0. The van der Waals surface area contributed by atoms with E-state index in [1.807, 2.05) is 0 Å². The second kappa shape index (κ2) is 4.43. The van der Waals surface area contributed by atoms with Crippen LogP contribution in [0.4, 0.5) is 0 Å². The van der Waals surface area contributed by atoms with Crippen LogP contribution in [-0.4, -0.2) is 18.4 Å². The number of carbonyl (C=O) groups excluding carboxylic acids is 2. The lowest BCUT2D eigenvalue weighted by atomic mass is 9.56. The van der Waals surface area contributed by atoms with Crippen LogP contribution >= 0.6 is 0 Å². The number of hydrogen-bond acceptors (Lipinski definition) is 3. The monoisotopic (exact) mass is 238 g/mol. The minimum Gasteiger partial charge on any atom is -0.465 e. The number of Topliss-reactive ketones (excluding diaryl/α,β-unsaturated/α-hetero) is 1. The van der Waals surface area contributed by atoms with Crippen molar-refractivity contribution in [3.8, 4) is 0 Å². The Morgan fingerprint density at radius 1 is 1.29 bits per heavy atom. The molecular formula is C14H22O3. The molecule has 2 fully saturated rings. The molecule has 0 saturated heterocycles. The van der Waals surface area contributed by atoms with Gasteiger partial charge in [-0.2, -0.15) is 0 Å². The Morgan fingerprint density at radius 3 is 2.29 bits per heavy atom. The zero-order valence-corrected chi connectivity index (χ0v) is 11.0. The van der Waals surface area contributed by atoms with E-state index in [1.165, 1.54) is 0 Å². The Morgan fingerprint density at radius 2 is 1.88 bits per heavy atom. The summed E-state index contributed by atoms with van der Waals surface area (Å²) in [5.41, 5.74) is -0.772. The minimum absolute atomic E-state index is 0.146. The van der Waals surface area contributed by atoms with Crippen LogP contribution in [0.2, 0.25) is 0 Å². The Labute approximate surface area is 103 Å². The maximum atomic E-state index is 12.3. The fourth-order valence-electron chi connectivity index (χ4n) is 2.78. The molecule has 0 aromatic rings. The minimum atomic E-state index is -0.772. The first-order valence-corrected chi connectivity index (χ1v) is 6.72. The Balaban J connectivity index is 2.08. The highest BCUT2D eigenvalue weighted by atomic mass is 16.5. The van der Waals surface area contributed by atoms with E-state index < -0.39 is 5.41 Å². The molecule has 0 unspecified atom stereocenters. The van der Waals surface area contributed by atoms with Crippen LogP contribution in [0.5, 0.6) is 0 Å². The molecule has 0 radical (unpaired) electrons. The molecule has 3 nitrogen and oxygen atoms in total. The highest BCUT2D eigenvalue weighted by Crippen LogP contribution is 2.54. The van der Waals surface area contributed by atoms with Crippen LogP contribution in [0.25, 0.3) is 0 Å². The van der Waals surface area contributed by atoms with Crippen molar-refractivity contribution in [2.24, 2.45) is 23.2 Å². The summed E-state index contributed by atoms with van der Waals surface area (Å²) in [4.78, 5) is 24.3. The molecule has 0 aliphatic heterocycles. The number of carbonyl (C=O) groups is 2. The van der Waals surface area contributed by atoms with Gasteiger partial charge in [0, 0.05) is 5.92 Å². The van der Waals surface area contributed by atoms with E-state index >= 15 is 0 Å². The molecule has 0 amide bonds. The van der Waals surface area contributed by atoms with E-state index in [9.17, 15) is 9.59 Å². The lowest BCUT2D eigenvalue weighted by Crippen LogP contribution is -2.52. The van der Waals surface area contributed by atoms with Crippen molar-refractivity contribution in [1.82, 2.24) is 0 Å². The fourth-order valence-corrected chi connectivity index (χ4v) is 2.78. The van der Waals surface area contributed by atoms with Gasteiger partial charge in [-0.1, -0.05) is 13.8 Å². The van der Waals surface area contributed by atoms with Gasteiger partial charge in [0.05, 0.1) is 6.61 Å². The average molecular weight is 238 g/mol. The van der Waals surface area contributed by atoms with Crippen LogP contribution < -0.4 is 0 Å². The number of rotatable bonds is 5. The molecule has 0 heterocycles. The average Bonchev–Trinajstić information content (AvgIpc) is 2.98. The first kappa shape index (κ1) is 12.6. The number of ether oxygens (including phenoxy) is 1. The molecule has 2 aliphatic carbocycles. The molecule has 2 aliphatic rings. The Bertz CT molecular complexity index is 322. The Hall–Kier alpha value is -0.860. The van der Waals surface area contributed by atoms with Gasteiger partial charge in [0.2, 0.25) is 0 Å². The van der Waals surface area contributed by atoms with E-state index in [1.54, 1.807) is 6.92 Å². The summed E-state index contributed by atoms with van der Waals surface area (Å²) in [6.45, 7) is 6.47. The molecule has 2 rings (SSSR count). The van der Waals surface area contributed by atoms with Crippen molar-refractivity contribution in [2.45, 2.75) is 46.5 Å². The van der Waals surface area contributed by atoms with Gasteiger partial charge < -0.3 is 4.74 Å². The van der Waals surface area contributed by atoms with Gasteiger partial charge in [-0.3, -0.25) is 9.59 Å². The second-order valence-corrected chi connectivity index (χ2v) is 5.85. The molecule has 0 aromatic heterocycles. The normalized spacial score (nSPS) is 32.1. The van der Waals surface area contributed by atoms with Gasteiger partial charge in [-0.25, -0.2) is 0 Å². The van der Waals surface area contributed by atoms with Gasteiger partial charge in [-0.15, -0.1) is 0 Å². The molecule has 0 N–H and O–H groups in total. The summed E-state index contributed by atoms with van der Waals surface area (Å²) in [7, 11) is 0. The van der Waals surface area contributed by atoms with Gasteiger partial charge in [0.15, 0.2) is 5.78 Å². The van der Waals surface area contributed by atoms with Crippen LogP contribution in [0, 0.1) is 23.2 Å². The van der Waals surface area contributed by atoms with Gasteiger partial charge in [-0.05, 0) is 44.4 Å². The first-order chi connectivity index (χ1) is 8.01. The lowest BCUT2D eigenvalue weighted by molar-refractivity contribution is -0.172. The van der Waals surface area contributed by atoms with Gasteiger partial charge in [0.1, 0.15) is 5.41 Å². The van der Waals surface area contributed by atoms with E-state index in [2.05, 4.69) is 13.8 Å². The van der Waals surface area contributed by atoms with Crippen molar-refractivity contribution in [2.75, 3.05) is 6.61 Å². The highest BCUT2D eigenvalue weighted by Gasteiger charge is 2.59. The standard InChI is InChI=1S/C14H22O3/c1-4-17-13(16)14(12(15)10-5-6-10)7-11(8-14)9(2)3/h9-11H,4-8H2,1-3H3. The Kier molecular flexibility index (Phi) is 3.28. The van der Waals surface area contributed by atoms with Crippen molar-refractivity contribution in [3.63, 3.8) is 0 Å². The number of ketones is 1. The largest absolute Gasteiger partial charge is 0.465 e. The third-order valence-corrected chi connectivity index (χ3v) is 4.25. The molecule has 17 heavy (non-hydrogen) atoms. The highest BCUT2D eigenvalue weighted by molar-refractivity contribution is 6.06. The smallest absolute Gasteiger partial charge is 0.319 e. The first-order valence-electron chi connectivity index (χ1n) is 6.72. The molecule has 96 valence electrons. The number of hydrogen-bond donors (Lipinski definition) is 0. The fraction of sp³-hybridized carbons (Fsp3) is 0.857. The van der Waals surface area contributed by atoms with Crippen LogP contribution in [0.1, 0.15) is 46.5 Å². The molecule has 2 saturated carbocycles. The van der Waals surface area contributed by atoms with Crippen molar-refractivity contribution < 1.29 is 14.3 Å². The summed E-state index contributed by atoms with van der Waals surface area (Å²) >= 11 is 0. The predicted octanol–water partition coefficient (Wildman–Crippen LogP) is 2.58. The summed E-state index contributed by atoms with van der Waals surface area (Å²) < 4.78 is 5.12. The van der Waals surface area contributed by atoms with Crippen molar-refractivity contribution >= 4 is 11.8 Å². The zero-order chi connectivity index (χ0) is 12.6. The third kappa shape index (κ3) is 2.12. The molecular weight excluding hydrogens is 216 g/mol. The summed E-state index contributed by atoms with van der Waals surface area (Å²) in [5.74, 6) is 1.08. The van der Waals surface area contributed by atoms with E-state index in [4.69, 9.17) is 4.74 Å². The van der Waals surface area contributed by atoms with Crippen LogP contribution in [-0.2, 0) is 14.3 Å².